The van der Waals surface area contributed by atoms with Gasteiger partial charge in [0.2, 0.25) is 0 Å². The standard InChI is InChI=1S/C22H26N2O2/c1-16(2)19-4-3-5-20(12-19)26-22-10-11-24(15-21(22)25)14-18-8-6-17(13-23)7-9-18/h3-9,12,16,21-22,25H,10-11,14-15H2,1-2H3/t21-,22-/m1/s1. The number of rotatable bonds is 5. The van der Waals surface area contributed by atoms with Crippen LogP contribution in [0.1, 0.15) is 42.9 Å². The van der Waals surface area contributed by atoms with E-state index < -0.39 is 6.10 Å². The van der Waals surface area contributed by atoms with Gasteiger partial charge < -0.3 is 9.84 Å². The second kappa shape index (κ2) is 8.35. The molecule has 0 radical (unpaired) electrons. The molecule has 0 amide bonds. The van der Waals surface area contributed by atoms with E-state index in [1.807, 2.05) is 36.4 Å². The van der Waals surface area contributed by atoms with Crippen LogP contribution in [0.4, 0.5) is 0 Å². The number of nitriles is 1. The van der Waals surface area contributed by atoms with Crippen LogP contribution in [0.5, 0.6) is 5.75 Å². The first-order valence-corrected chi connectivity index (χ1v) is 9.21. The Labute approximate surface area is 155 Å². The zero-order chi connectivity index (χ0) is 18.5. The number of β-amino-alcohol motifs (C(OH)–C–C–N with tert-alkyl or cyclic N) is 1. The molecule has 0 saturated carbocycles. The summed E-state index contributed by atoms with van der Waals surface area (Å²) in [7, 11) is 0. The fourth-order valence-corrected chi connectivity index (χ4v) is 3.32. The largest absolute Gasteiger partial charge is 0.488 e. The molecule has 4 nitrogen and oxygen atoms in total. The van der Waals surface area contributed by atoms with Crippen LogP contribution in [-0.4, -0.2) is 35.3 Å². The molecule has 2 atom stereocenters. The van der Waals surface area contributed by atoms with E-state index in [2.05, 4.69) is 36.9 Å². The third kappa shape index (κ3) is 4.63. The third-order valence-corrected chi connectivity index (χ3v) is 4.91. The highest BCUT2D eigenvalue weighted by atomic mass is 16.5. The SMILES string of the molecule is CC(C)c1cccc(O[C@@H]2CCN(Cc3ccc(C#N)cc3)C[C@H]2O)c1. The topological polar surface area (TPSA) is 56.5 Å². The third-order valence-electron chi connectivity index (χ3n) is 4.91. The van der Waals surface area contributed by atoms with E-state index in [4.69, 9.17) is 10.00 Å². The highest BCUT2D eigenvalue weighted by Crippen LogP contribution is 2.24. The maximum atomic E-state index is 10.5. The second-order valence-corrected chi connectivity index (χ2v) is 7.28. The minimum absolute atomic E-state index is 0.172. The number of piperidine rings is 1. The van der Waals surface area contributed by atoms with Gasteiger partial charge in [-0.3, -0.25) is 4.90 Å². The maximum Gasteiger partial charge on any atom is 0.127 e. The first-order chi connectivity index (χ1) is 12.5. The molecule has 0 spiro atoms. The Bertz CT molecular complexity index is 764. The molecule has 2 aromatic rings. The predicted octanol–water partition coefficient (Wildman–Crippen LogP) is 3.70. The Morgan fingerprint density at radius 2 is 2.00 bits per heavy atom. The molecule has 0 aliphatic carbocycles. The Hall–Kier alpha value is -2.35. The molecule has 1 aliphatic rings. The van der Waals surface area contributed by atoms with E-state index in [0.29, 0.717) is 18.0 Å². The number of likely N-dealkylation sites (tertiary alicyclic amines) is 1. The highest BCUT2D eigenvalue weighted by Gasteiger charge is 2.29. The number of ether oxygens (including phenoxy) is 1. The molecule has 0 aromatic heterocycles. The van der Waals surface area contributed by atoms with Crippen LogP contribution in [0.25, 0.3) is 0 Å². The van der Waals surface area contributed by atoms with Crippen molar-refractivity contribution >= 4 is 0 Å². The van der Waals surface area contributed by atoms with E-state index in [-0.39, 0.29) is 6.10 Å². The molecule has 4 heteroatoms. The van der Waals surface area contributed by atoms with Crippen molar-refractivity contribution in [2.45, 2.75) is 44.9 Å². The monoisotopic (exact) mass is 350 g/mol. The summed E-state index contributed by atoms with van der Waals surface area (Å²) in [5, 5.41) is 19.4. The van der Waals surface area contributed by atoms with Crippen molar-refractivity contribution in [2.75, 3.05) is 13.1 Å². The van der Waals surface area contributed by atoms with Gasteiger partial charge in [0.05, 0.1) is 11.6 Å². The molecule has 1 fully saturated rings. The lowest BCUT2D eigenvalue weighted by Gasteiger charge is -2.36. The van der Waals surface area contributed by atoms with Gasteiger partial charge in [0, 0.05) is 19.6 Å². The van der Waals surface area contributed by atoms with Crippen LogP contribution in [0, 0.1) is 11.3 Å². The van der Waals surface area contributed by atoms with Crippen molar-refractivity contribution in [3.63, 3.8) is 0 Å². The normalized spacial score (nSPS) is 20.7. The molecular weight excluding hydrogens is 324 g/mol. The Morgan fingerprint density at radius 1 is 1.23 bits per heavy atom. The number of aliphatic hydroxyl groups excluding tert-OH is 1. The van der Waals surface area contributed by atoms with Crippen molar-refractivity contribution < 1.29 is 9.84 Å². The zero-order valence-corrected chi connectivity index (χ0v) is 15.4. The summed E-state index contributed by atoms with van der Waals surface area (Å²) >= 11 is 0. The quantitative estimate of drug-likeness (QED) is 0.893. The van der Waals surface area contributed by atoms with Crippen LogP contribution >= 0.6 is 0 Å². The summed E-state index contributed by atoms with van der Waals surface area (Å²) < 4.78 is 6.07. The van der Waals surface area contributed by atoms with Crippen LogP contribution < -0.4 is 4.74 Å². The molecular formula is C22H26N2O2. The van der Waals surface area contributed by atoms with Crippen LogP contribution in [0.2, 0.25) is 0 Å². The van der Waals surface area contributed by atoms with Gasteiger partial charge in [0.1, 0.15) is 18.0 Å². The molecule has 136 valence electrons. The lowest BCUT2D eigenvalue weighted by molar-refractivity contribution is -0.0275. The minimum Gasteiger partial charge on any atom is -0.488 e. The summed E-state index contributed by atoms with van der Waals surface area (Å²) in [6.45, 7) is 6.57. The fourth-order valence-electron chi connectivity index (χ4n) is 3.32. The molecule has 0 bridgehead atoms. The van der Waals surface area contributed by atoms with Gasteiger partial charge in [-0.1, -0.05) is 38.1 Å². The van der Waals surface area contributed by atoms with Crippen LogP contribution in [0.15, 0.2) is 48.5 Å². The first-order valence-electron chi connectivity index (χ1n) is 9.21. The van der Waals surface area contributed by atoms with Crippen molar-refractivity contribution in [2.24, 2.45) is 0 Å². The molecule has 0 unspecified atom stereocenters. The van der Waals surface area contributed by atoms with Crippen molar-refractivity contribution in [3.8, 4) is 11.8 Å². The predicted molar refractivity (Wildman–Crippen MR) is 102 cm³/mol. The number of benzene rings is 2. The van der Waals surface area contributed by atoms with Gasteiger partial charge >= 0.3 is 0 Å². The number of hydrogen-bond acceptors (Lipinski definition) is 4. The van der Waals surface area contributed by atoms with Crippen molar-refractivity contribution in [3.05, 3.63) is 65.2 Å². The van der Waals surface area contributed by atoms with E-state index in [9.17, 15) is 5.11 Å². The smallest absolute Gasteiger partial charge is 0.127 e. The van der Waals surface area contributed by atoms with Gasteiger partial charge in [-0.2, -0.15) is 5.26 Å². The second-order valence-electron chi connectivity index (χ2n) is 7.28. The summed E-state index contributed by atoms with van der Waals surface area (Å²) in [5.74, 6) is 1.29. The molecule has 1 N–H and O–H groups in total. The van der Waals surface area contributed by atoms with Gasteiger partial charge in [0.15, 0.2) is 0 Å². The van der Waals surface area contributed by atoms with Crippen molar-refractivity contribution in [1.29, 1.82) is 5.26 Å². The number of hydrogen-bond donors (Lipinski definition) is 1. The van der Waals surface area contributed by atoms with Gasteiger partial charge in [0.25, 0.3) is 0 Å². The summed E-state index contributed by atoms with van der Waals surface area (Å²) in [6.07, 6.45) is 0.114. The maximum absolute atomic E-state index is 10.5. The van der Waals surface area contributed by atoms with Crippen LogP contribution in [0.3, 0.4) is 0 Å². The van der Waals surface area contributed by atoms with Gasteiger partial charge in [-0.25, -0.2) is 0 Å². The van der Waals surface area contributed by atoms with Gasteiger partial charge in [-0.15, -0.1) is 0 Å². The molecule has 3 rings (SSSR count). The van der Waals surface area contributed by atoms with E-state index >= 15 is 0 Å². The fraction of sp³-hybridized carbons (Fsp3) is 0.409. The van der Waals surface area contributed by atoms with E-state index in [1.165, 1.54) is 5.56 Å². The molecule has 1 heterocycles. The Balaban J connectivity index is 1.56. The first kappa shape index (κ1) is 18.4. The number of nitrogens with zero attached hydrogens (tertiary/aromatic N) is 2. The lowest BCUT2D eigenvalue weighted by atomic mass is 10.0. The average molecular weight is 350 g/mol. The summed E-state index contributed by atoms with van der Waals surface area (Å²) in [4.78, 5) is 2.23. The van der Waals surface area contributed by atoms with Gasteiger partial charge in [-0.05, 0) is 47.7 Å². The van der Waals surface area contributed by atoms with E-state index in [1.54, 1.807) is 0 Å². The Kier molecular flexibility index (Phi) is 5.92. The molecule has 1 aliphatic heterocycles. The number of aliphatic hydroxyl groups is 1. The molecule has 26 heavy (non-hydrogen) atoms. The Morgan fingerprint density at radius 3 is 2.65 bits per heavy atom. The summed E-state index contributed by atoms with van der Waals surface area (Å²) in [6, 6.07) is 17.9. The minimum atomic E-state index is -0.509. The molecule has 2 aromatic carbocycles. The van der Waals surface area contributed by atoms with E-state index in [0.717, 1.165) is 30.8 Å². The highest BCUT2D eigenvalue weighted by molar-refractivity contribution is 5.32. The average Bonchev–Trinajstić information content (AvgIpc) is 2.65. The molecule has 1 saturated heterocycles. The van der Waals surface area contributed by atoms with Crippen molar-refractivity contribution in [1.82, 2.24) is 4.90 Å². The zero-order valence-electron chi connectivity index (χ0n) is 15.4. The summed E-state index contributed by atoms with van der Waals surface area (Å²) in [5.41, 5.74) is 3.07. The lowest BCUT2D eigenvalue weighted by Crippen LogP contribution is -2.48. The van der Waals surface area contributed by atoms with Crippen LogP contribution in [-0.2, 0) is 6.54 Å².